The summed E-state index contributed by atoms with van der Waals surface area (Å²) in [5.41, 5.74) is 2.85. The predicted molar refractivity (Wildman–Crippen MR) is 87.2 cm³/mol. The molecule has 0 saturated heterocycles. The summed E-state index contributed by atoms with van der Waals surface area (Å²) < 4.78 is 0. The van der Waals surface area contributed by atoms with Gasteiger partial charge in [0.25, 0.3) is 0 Å². The molecule has 3 atom stereocenters. The number of benzene rings is 1. The monoisotopic (exact) mass is 271 g/mol. The molecule has 0 radical (unpaired) electrons. The second kappa shape index (κ2) is 6.20. The van der Waals surface area contributed by atoms with Crippen molar-refractivity contribution in [2.75, 3.05) is 5.32 Å². The molecule has 0 amide bonds. The molecule has 0 spiro atoms. The van der Waals surface area contributed by atoms with Gasteiger partial charge in [-0.3, -0.25) is 0 Å². The van der Waals surface area contributed by atoms with Gasteiger partial charge in [-0.1, -0.05) is 57.7 Å². The van der Waals surface area contributed by atoms with Crippen LogP contribution in [0, 0.1) is 11.8 Å². The second-order valence-corrected chi connectivity index (χ2v) is 7.20. The lowest BCUT2D eigenvalue weighted by atomic mass is 9.69. The standard InChI is InChI=1S/C19H29N/c1-14(2)18-9-5-6-10-19(18)20-17-12-11-15-7-3-4-8-16(15)13-17/h5-6,9-10,14-17,20H,3-4,7-8,11-13H2,1-2H3. The van der Waals surface area contributed by atoms with Gasteiger partial charge in [-0.15, -0.1) is 0 Å². The van der Waals surface area contributed by atoms with Crippen LogP contribution in [0.2, 0.25) is 0 Å². The van der Waals surface area contributed by atoms with E-state index in [0.29, 0.717) is 12.0 Å². The minimum Gasteiger partial charge on any atom is -0.382 e. The van der Waals surface area contributed by atoms with Crippen molar-refractivity contribution in [2.24, 2.45) is 11.8 Å². The molecule has 1 heteroatoms. The van der Waals surface area contributed by atoms with Gasteiger partial charge in [-0.25, -0.2) is 0 Å². The van der Waals surface area contributed by atoms with Crippen molar-refractivity contribution in [3.05, 3.63) is 29.8 Å². The number of anilines is 1. The maximum absolute atomic E-state index is 3.86. The third-order valence-electron chi connectivity index (χ3n) is 5.48. The Morgan fingerprint density at radius 3 is 2.50 bits per heavy atom. The Kier molecular flexibility index (Phi) is 4.33. The van der Waals surface area contributed by atoms with E-state index in [9.17, 15) is 0 Å². The van der Waals surface area contributed by atoms with Crippen LogP contribution in [-0.4, -0.2) is 6.04 Å². The zero-order chi connectivity index (χ0) is 13.9. The number of nitrogens with one attached hydrogen (secondary N) is 1. The third kappa shape index (κ3) is 3.02. The molecule has 110 valence electrons. The highest BCUT2D eigenvalue weighted by atomic mass is 14.9. The third-order valence-corrected chi connectivity index (χ3v) is 5.48. The van der Waals surface area contributed by atoms with Crippen molar-refractivity contribution in [3.8, 4) is 0 Å². The second-order valence-electron chi connectivity index (χ2n) is 7.20. The van der Waals surface area contributed by atoms with Crippen LogP contribution in [0.4, 0.5) is 5.69 Å². The van der Waals surface area contributed by atoms with Gasteiger partial charge in [-0.05, 0) is 48.6 Å². The summed E-state index contributed by atoms with van der Waals surface area (Å²) in [7, 11) is 0. The molecule has 1 nitrogen and oxygen atoms in total. The minimum atomic E-state index is 0.602. The van der Waals surface area contributed by atoms with Gasteiger partial charge in [0.1, 0.15) is 0 Å². The van der Waals surface area contributed by atoms with Crippen molar-refractivity contribution in [3.63, 3.8) is 0 Å². The summed E-state index contributed by atoms with van der Waals surface area (Å²) in [5, 5.41) is 3.86. The minimum absolute atomic E-state index is 0.602. The highest BCUT2D eigenvalue weighted by molar-refractivity contribution is 5.53. The zero-order valence-electron chi connectivity index (χ0n) is 13.1. The number of hydrogen-bond acceptors (Lipinski definition) is 1. The fourth-order valence-electron chi connectivity index (χ4n) is 4.36. The molecular weight excluding hydrogens is 242 g/mol. The fraction of sp³-hybridized carbons (Fsp3) is 0.684. The average Bonchev–Trinajstić information content (AvgIpc) is 2.47. The van der Waals surface area contributed by atoms with E-state index in [2.05, 4.69) is 43.4 Å². The Hall–Kier alpha value is -0.980. The largest absolute Gasteiger partial charge is 0.382 e. The van der Waals surface area contributed by atoms with E-state index in [1.54, 1.807) is 0 Å². The number of para-hydroxylation sites is 1. The van der Waals surface area contributed by atoms with Crippen molar-refractivity contribution < 1.29 is 0 Å². The van der Waals surface area contributed by atoms with Crippen LogP contribution in [0.1, 0.15) is 70.3 Å². The van der Waals surface area contributed by atoms with E-state index >= 15 is 0 Å². The molecule has 3 unspecified atom stereocenters. The van der Waals surface area contributed by atoms with Gasteiger partial charge in [0, 0.05) is 11.7 Å². The Labute approximate surface area is 124 Å². The molecule has 2 saturated carbocycles. The first-order chi connectivity index (χ1) is 9.74. The Morgan fingerprint density at radius 2 is 1.70 bits per heavy atom. The van der Waals surface area contributed by atoms with Crippen LogP contribution >= 0.6 is 0 Å². The van der Waals surface area contributed by atoms with Gasteiger partial charge in [-0.2, -0.15) is 0 Å². The molecule has 1 aromatic carbocycles. The van der Waals surface area contributed by atoms with Crippen LogP contribution in [0.15, 0.2) is 24.3 Å². The van der Waals surface area contributed by atoms with Crippen LogP contribution in [0.5, 0.6) is 0 Å². The number of hydrogen-bond donors (Lipinski definition) is 1. The molecule has 3 rings (SSSR count). The first-order valence-corrected chi connectivity index (χ1v) is 8.59. The van der Waals surface area contributed by atoms with Gasteiger partial charge in [0.2, 0.25) is 0 Å². The van der Waals surface area contributed by atoms with E-state index in [1.807, 2.05) is 0 Å². The van der Waals surface area contributed by atoms with Gasteiger partial charge in [0.15, 0.2) is 0 Å². The smallest absolute Gasteiger partial charge is 0.0377 e. The van der Waals surface area contributed by atoms with Gasteiger partial charge >= 0.3 is 0 Å². The summed E-state index contributed by atoms with van der Waals surface area (Å²) in [6.07, 6.45) is 10.2. The van der Waals surface area contributed by atoms with Crippen molar-refractivity contribution >= 4 is 5.69 Å². The SMILES string of the molecule is CC(C)c1ccccc1NC1CCC2CCCCC2C1. The summed E-state index contributed by atoms with van der Waals surface area (Å²) in [4.78, 5) is 0. The van der Waals surface area contributed by atoms with E-state index in [4.69, 9.17) is 0 Å². The number of rotatable bonds is 3. The molecule has 1 aromatic rings. The van der Waals surface area contributed by atoms with E-state index in [-0.39, 0.29) is 0 Å². The quantitative estimate of drug-likeness (QED) is 0.756. The summed E-state index contributed by atoms with van der Waals surface area (Å²) in [5.74, 6) is 2.65. The zero-order valence-corrected chi connectivity index (χ0v) is 13.1. The predicted octanol–water partition coefficient (Wildman–Crippen LogP) is 5.58. The van der Waals surface area contributed by atoms with Crippen molar-refractivity contribution in [2.45, 2.75) is 70.8 Å². The first-order valence-electron chi connectivity index (χ1n) is 8.59. The van der Waals surface area contributed by atoms with E-state index in [1.165, 1.54) is 56.2 Å². The molecule has 1 N–H and O–H groups in total. The molecule has 0 bridgehead atoms. The fourth-order valence-corrected chi connectivity index (χ4v) is 4.36. The van der Waals surface area contributed by atoms with Crippen LogP contribution in [0.3, 0.4) is 0 Å². The molecule has 2 aliphatic carbocycles. The molecular formula is C19H29N. The molecule has 0 aliphatic heterocycles. The highest BCUT2D eigenvalue weighted by Crippen LogP contribution is 2.41. The molecule has 2 fully saturated rings. The van der Waals surface area contributed by atoms with Crippen LogP contribution < -0.4 is 5.32 Å². The summed E-state index contributed by atoms with van der Waals surface area (Å²) in [6, 6.07) is 9.58. The summed E-state index contributed by atoms with van der Waals surface area (Å²) in [6.45, 7) is 4.58. The van der Waals surface area contributed by atoms with E-state index in [0.717, 1.165) is 11.8 Å². The average molecular weight is 271 g/mol. The first kappa shape index (κ1) is 14.0. The normalized spacial score (nSPS) is 30.1. The van der Waals surface area contributed by atoms with Gasteiger partial charge in [0.05, 0.1) is 0 Å². The lowest BCUT2D eigenvalue weighted by Crippen LogP contribution is -2.34. The molecule has 20 heavy (non-hydrogen) atoms. The number of fused-ring (bicyclic) bond motifs is 1. The van der Waals surface area contributed by atoms with Crippen molar-refractivity contribution in [1.82, 2.24) is 0 Å². The molecule has 0 aromatic heterocycles. The maximum atomic E-state index is 3.86. The lowest BCUT2D eigenvalue weighted by Gasteiger charge is -2.40. The Balaban J connectivity index is 1.66. The summed E-state index contributed by atoms with van der Waals surface area (Å²) >= 11 is 0. The lowest BCUT2D eigenvalue weighted by molar-refractivity contribution is 0.162. The van der Waals surface area contributed by atoms with Crippen LogP contribution in [0.25, 0.3) is 0 Å². The van der Waals surface area contributed by atoms with Crippen molar-refractivity contribution in [1.29, 1.82) is 0 Å². The molecule has 2 aliphatic rings. The Morgan fingerprint density at radius 1 is 0.950 bits per heavy atom. The Bertz CT molecular complexity index is 437. The van der Waals surface area contributed by atoms with Crippen LogP contribution in [-0.2, 0) is 0 Å². The highest BCUT2D eigenvalue weighted by Gasteiger charge is 2.32. The maximum Gasteiger partial charge on any atom is 0.0377 e. The molecule has 0 heterocycles. The topological polar surface area (TPSA) is 12.0 Å². The van der Waals surface area contributed by atoms with Gasteiger partial charge < -0.3 is 5.32 Å². The van der Waals surface area contributed by atoms with E-state index < -0.39 is 0 Å².